The monoisotopic (exact) mass is 396 g/mol. The van der Waals surface area contributed by atoms with E-state index in [1.807, 2.05) is 79.7 Å². The van der Waals surface area contributed by atoms with Gasteiger partial charge in [0.25, 0.3) is 5.91 Å². The molecule has 3 aromatic carbocycles. The molecule has 0 radical (unpaired) electrons. The maximum atomic E-state index is 13.1. The summed E-state index contributed by atoms with van der Waals surface area (Å²) in [6.07, 6.45) is 0. The number of rotatable bonds is 4. The van der Waals surface area contributed by atoms with Gasteiger partial charge in [-0.25, -0.2) is 4.98 Å². The first-order valence-corrected chi connectivity index (χ1v) is 9.81. The van der Waals surface area contributed by atoms with Crippen molar-refractivity contribution in [1.29, 1.82) is 0 Å². The van der Waals surface area contributed by atoms with E-state index in [0.29, 0.717) is 17.9 Å². The largest absolute Gasteiger partial charge is 0.454 e. The van der Waals surface area contributed by atoms with Gasteiger partial charge >= 0.3 is 0 Å². The molecule has 0 spiro atoms. The predicted octanol–water partition coefficient (Wildman–Crippen LogP) is 4.87. The number of benzene rings is 3. The third-order valence-corrected chi connectivity index (χ3v) is 5.27. The third-order valence-electron chi connectivity index (χ3n) is 5.27. The lowest BCUT2D eigenvalue weighted by molar-refractivity contribution is 0.0952. The summed E-state index contributed by atoms with van der Waals surface area (Å²) in [6.45, 7) is 2.67. The van der Waals surface area contributed by atoms with Crippen LogP contribution in [-0.4, -0.2) is 17.7 Å². The van der Waals surface area contributed by atoms with Gasteiger partial charge in [-0.15, -0.1) is 0 Å². The maximum absolute atomic E-state index is 13.1. The topological polar surface area (TPSA) is 60.5 Å². The van der Waals surface area contributed by atoms with Gasteiger partial charge in [0.15, 0.2) is 11.5 Å². The Balaban J connectivity index is 1.48. The summed E-state index contributed by atoms with van der Waals surface area (Å²) in [6, 6.07) is 23.3. The number of carbonyl (C=O) groups is 1. The fraction of sp³-hybridized carbons (Fsp3) is 0.120. The molecule has 0 fully saturated rings. The van der Waals surface area contributed by atoms with Crippen molar-refractivity contribution in [2.24, 2.45) is 0 Å². The summed E-state index contributed by atoms with van der Waals surface area (Å²) in [7, 11) is 0. The van der Waals surface area contributed by atoms with Crippen LogP contribution in [0.4, 0.5) is 0 Å². The summed E-state index contributed by atoms with van der Waals surface area (Å²) >= 11 is 0. The number of para-hydroxylation sites is 1. The summed E-state index contributed by atoms with van der Waals surface area (Å²) in [5.74, 6) is 1.30. The minimum Gasteiger partial charge on any atom is -0.454 e. The fourth-order valence-electron chi connectivity index (χ4n) is 3.69. The van der Waals surface area contributed by atoms with Crippen molar-refractivity contribution < 1.29 is 14.3 Å². The van der Waals surface area contributed by atoms with Crippen molar-refractivity contribution in [2.75, 3.05) is 6.79 Å². The van der Waals surface area contributed by atoms with Gasteiger partial charge in [0.05, 0.1) is 16.8 Å². The van der Waals surface area contributed by atoms with Crippen LogP contribution >= 0.6 is 0 Å². The fourth-order valence-corrected chi connectivity index (χ4v) is 3.69. The molecule has 5 rings (SSSR count). The quantitative estimate of drug-likeness (QED) is 0.535. The van der Waals surface area contributed by atoms with Crippen LogP contribution < -0.4 is 14.8 Å². The van der Waals surface area contributed by atoms with Crippen LogP contribution in [0.3, 0.4) is 0 Å². The Morgan fingerprint density at radius 2 is 1.77 bits per heavy atom. The average Bonchev–Trinajstić information content (AvgIpc) is 3.25. The van der Waals surface area contributed by atoms with Crippen LogP contribution in [0.1, 0.15) is 21.5 Å². The number of nitrogens with one attached hydrogen (secondary N) is 1. The zero-order valence-corrected chi connectivity index (χ0v) is 16.5. The molecule has 0 atom stereocenters. The number of carbonyl (C=O) groups excluding carboxylic acids is 1. The summed E-state index contributed by atoms with van der Waals surface area (Å²) in [4.78, 5) is 17.9. The van der Waals surface area contributed by atoms with Crippen LogP contribution in [0, 0.1) is 6.92 Å². The van der Waals surface area contributed by atoms with Crippen LogP contribution in [0.2, 0.25) is 0 Å². The highest BCUT2D eigenvalue weighted by Gasteiger charge is 2.16. The Morgan fingerprint density at radius 1 is 0.967 bits per heavy atom. The molecule has 5 heteroatoms. The molecule has 1 aromatic heterocycles. The number of amides is 1. The first kappa shape index (κ1) is 18.2. The number of nitrogens with zero attached hydrogens (tertiary/aromatic N) is 1. The van der Waals surface area contributed by atoms with Gasteiger partial charge in [0.1, 0.15) is 0 Å². The number of aryl methyl sites for hydroxylation is 1. The van der Waals surface area contributed by atoms with E-state index >= 15 is 0 Å². The molecule has 148 valence electrons. The van der Waals surface area contributed by atoms with Crippen molar-refractivity contribution >= 4 is 16.8 Å². The smallest absolute Gasteiger partial charge is 0.252 e. The van der Waals surface area contributed by atoms with E-state index in [1.165, 1.54) is 0 Å². The highest BCUT2D eigenvalue weighted by molar-refractivity contribution is 6.07. The van der Waals surface area contributed by atoms with Crippen molar-refractivity contribution in [3.8, 4) is 22.8 Å². The zero-order valence-electron chi connectivity index (χ0n) is 16.5. The number of hydrogen-bond acceptors (Lipinski definition) is 4. The molecule has 0 aliphatic carbocycles. The molecular weight excluding hydrogens is 376 g/mol. The Kier molecular flexibility index (Phi) is 4.56. The van der Waals surface area contributed by atoms with E-state index in [0.717, 1.165) is 39.0 Å². The molecule has 0 saturated heterocycles. The van der Waals surface area contributed by atoms with E-state index in [-0.39, 0.29) is 12.7 Å². The molecule has 1 aliphatic rings. The van der Waals surface area contributed by atoms with E-state index < -0.39 is 0 Å². The molecule has 0 bridgehead atoms. The lowest BCUT2D eigenvalue weighted by Gasteiger charge is -2.12. The summed E-state index contributed by atoms with van der Waals surface area (Å²) in [5.41, 5.74) is 5.29. The molecule has 0 saturated carbocycles. The number of fused-ring (bicyclic) bond motifs is 2. The van der Waals surface area contributed by atoms with Crippen LogP contribution in [0.25, 0.3) is 22.2 Å². The maximum Gasteiger partial charge on any atom is 0.252 e. The molecule has 1 amide bonds. The molecule has 5 nitrogen and oxygen atoms in total. The Hall–Kier alpha value is -3.86. The van der Waals surface area contributed by atoms with Crippen LogP contribution in [0.5, 0.6) is 11.5 Å². The van der Waals surface area contributed by atoms with Crippen molar-refractivity contribution in [2.45, 2.75) is 13.5 Å². The van der Waals surface area contributed by atoms with Gasteiger partial charge in [-0.3, -0.25) is 4.79 Å². The van der Waals surface area contributed by atoms with Gasteiger partial charge in [-0.1, -0.05) is 48.5 Å². The van der Waals surface area contributed by atoms with Gasteiger partial charge < -0.3 is 14.8 Å². The number of hydrogen-bond donors (Lipinski definition) is 1. The molecule has 4 aromatic rings. The van der Waals surface area contributed by atoms with E-state index in [4.69, 9.17) is 14.5 Å². The molecule has 2 heterocycles. The van der Waals surface area contributed by atoms with Gasteiger partial charge in [0.2, 0.25) is 6.79 Å². The second-order valence-electron chi connectivity index (χ2n) is 7.26. The molecule has 1 aliphatic heterocycles. The highest BCUT2D eigenvalue weighted by Crippen LogP contribution is 2.32. The van der Waals surface area contributed by atoms with Crippen molar-refractivity contribution in [1.82, 2.24) is 10.3 Å². The van der Waals surface area contributed by atoms with Crippen LogP contribution in [-0.2, 0) is 6.54 Å². The predicted molar refractivity (Wildman–Crippen MR) is 116 cm³/mol. The van der Waals surface area contributed by atoms with Crippen LogP contribution in [0.15, 0.2) is 72.8 Å². The van der Waals surface area contributed by atoms with Gasteiger partial charge in [0, 0.05) is 17.5 Å². The third kappa shape index (κ3) is 3.35. The van der Waals surface area contributed by atoms with Gasteiger partial charge in [-0.2, -0.15) is 0 Å². The van der Waals surface area contributed by atoms with E-state index in [1.54, 1.807) is 0 Å². The lowest BCUT2D eigenvalue weighted by atomic mass is 10.0. The Morgan fingerprint density at radius 3 is 2.67 bits per heavy atom. The first-order valence-electron chi connectivity index (χ1n) is 9.81. The highest BCUT2D eigenvalue weighted by atomic mass is 16.7. The second kappa shape index (κ2) is 7.52. The molecule has 1 N–H and O–H groups in total. The zero-order chi connectivity index (χ0) is 20.5. The van der Waals surface area contributed by atoms with E-state index in [9.17, 15) is 4.79 Å². The van der Waals surface area contributed by atoms with Gasteiger partial charge in [-0.05, 0) is 42.3 Å². The lowest BCUT2D eigenvalue weighted by Crippen LogP contribution is -2.23. The minimum absolute atomic E-state index is 0.138. The molecule has 0 unspecified atom stereocenters. The van der Waals surface area contributed by atoms with E-state index in [2.05, 4.69) is 5.32 Å². The first-order chi connectivity index (χ1) is 14.7. The number of aromatic nitrogens is 1. The summed E-state index contributed by atoms with van der Waals surface area (Å²) in [5, 5.41) is 3.86. The number of ether oxygens (including phenoxy) is 2. The second-order valence-corrected chi connectivity index (χ2v) is 7.26. The standard InChI is InChI=1S/C25H20N2O3/c1-16-6-2-3-7-18(16)22-13-20(19-8-4-5-9-21(19)27-22)25(28)26-14-17-10-11-23-24(12-17)30-15-29-23/h2-13H,14-15H2,1H3,(H,26,28). The Bertz CT molecular complexity index is 1270. The molecular formula is C25H20N2O3. The molecule has 30 heavy (non-hydrogen) atoms. The van der Waals surface area contributed by atoms with Crippen molar-refractivity contribution in [3.05, 3.63) is 89.5 Å². The summed E-state index contributed by atoms with van der Waals surface area (Å²) < 4.78 is 10.8. The Labute approximate surface area is 174 Å². The minimum atomic E-state index is -0.138. The number of pyridine rings is 1. The normalized spacial score (nSPS) is 12.2. The van der Waals surface area contributed by atoms with Crippen molar-refractivity contribution in [3.63, 3.8) is 0 Å². The SMILES string of the molecule is Cc1ccccc1-c1cc(C(=O)NCc2ccc3c(c2)OCO3)c2ccccc2n1. The average molecular weight is 396 g/mol.